The second-order valence-corrected chi connectivity index (χ2v) is 2.99. The fourth-order valence-electron chi connectivity index (χ4n) is 1.06. The third kappa shape index (κ3) is 11.4. The molecule has 0 aromatic carbocycles. The Bertz CT molecular complexity index is 191. The number of carbonyl (C=O) groups excluding carboxylic acids is 1. The fourth-order valence-corrected chi connectivity index (χ4v) is 1.06. The van der Waals surface area contributed by atoms with E-state index in [2.05, 4.69) is 14.4 Å². The van der Waals surface area contributed by atoms with Gasteiger partial charge in [-0.2, -0.15) is 0 Å². The highest BCUT2D eigenvalue weighted by atomic mass is 17.1. The third-order valence-electron chi connectivity index (χ3n) is 1.73. The molecule has 1 atom stereocenters. The monoisotopic (exact) mass is 256 g/mol. The van der Waals surface area contributed by atoms with Gasteiger partial charge in [-0.25, -0.2) is 9.68 Å². The predicted molar refractivity (Wildman–Crippen MR) is 47.5 cm³/mol. The van der Waals surface area contributed by atoms with Gasteiger partial charge in [0.05, 0.1) is 17.4 Å². The van der Waals surface area contributed by atoms with Crippen LogP contribution in [0.1, 0.15) is 19.3 Å². The van der Waals surface area contributed by atoms with E-state index in [4.69, 9.17) is 20.8 Å². The van der Waals surface area contributed by atoms with E-state index in [0.717, 1.165) is 0 Å². The summed E-state index contributed by atoms with van der Waals surface area (Å²) in [5.41, 5.74) is 0. The molecule has 0 bridgehead atoms. The molecule has 0 aliphatic heterocycles. The van der Waals surface area contributed by atoms with Crippen LogP contribution in [0, 0.1) is 0 Å². The Hall–Kier alpha value is -0.850. The predicted octanol–water partition coefficient (Wildman–Crippen LogP) is -0.278. The van der Waals surface area contributed by atoms with Crippen LogP contribution in [0.4, 0.5) is 0 Å². The molecule has 17 heavy (non-hydrogen) atoms. The summed E-state index contributed by atoms with van der Waals surface area (Å²) in [7, 11) is 0. The zero-order chi connectivity index (χ0) is 13.1. The molecule has 4 N–H and O–H groups in total. The minimum atomic E-state index is -0.803. The first-order valence-corrected chi connectivity index (χ1v) is 4.77. The number of unbranched alkanes of at least 4 members (excludes halogenated alkanes) is 1. The zero-order valence-electron chi connectivity index (χ0n) is 9.01. The fraction of sp³-hybridized carbons (Fsp3) is 0.857. The van der Waals surface area contributed by atoms with Crippen LogP contribution >= 0.6 is 0 Å². The van der Waals surface area contributed by atoms with Gasteiger partial charge in [-0.05, 0) is 19.3 Å². The van der Waals surface area contributed by atoms with Crippen molar-refractivity contribution in [3.8, 4) is 0 Å². The van der Waals surface area contributed by atoms with Crippen molar-refractivity contribution in [2.45, 2.75) is 25.4 Å². The van der Waals surface area contributed by atoms with E-state index in [1.807, 2.05) is 0 Å². The number of carbonyl (C=O) groups is 1. The molecule has 0 aliphatic carbocycles. The molecule has 0 amide bonds. The van der Waals surface area contributed by atoms with E-state index in [1.54, 1.807) is 0 Å². The SMILES string of the molecule is O=COCCCCC(CON(O)O)ON(O)O. The van der Waals surface area contributed by atoms with Crippen molar-refractivity contribution in [1.29, 1.82) is 0 Å². The van der Waals surface area contributed by atoms with Crippen LogP contribution < -0.4 is 0 Å². The summed E-state index contributed by atoms with van der Waals surface area (Å²) < 4.78 is 4.44. The molecule has 0 saturated carbocycles. The lowest BCUT2D eigenvalue weighted by Gasteiger charge is -2.18. The number of rotatable bonds is 11. The Kier molecular flexibility index (Phi) is 9.80. The summed E-state index contributed by atoms with van der Waals surface area (Å²) in [6, 6.07) is 0. The van der Waals surface area contributed by atoms with Gasteiger partial charge in [0, 0.05) is 0 Å². The highest BCUT2D eigenvalue weighted by molar-refractivity contribution is 5.36. The third-order valence-corrected chi connectivity index (χ3v) is 1.73. The van der Waals surface area contributed by atoms with Crippen molar-refractivity contribution in [1.82, 2.24) is 10.8 Å². The average Bonchev–Trinajstić information content (AvgIpc) is 2.24. The van der Waals surface area contributed by atoms with Crippen LogP contribution in [0.5, 0.6) is 0 Å². The molecule has 102 valence electrons. The molecule has 0 saturated heterocycles. The summed E-state index contributed by atoms with van der Waals surface area (Å²) in [5.74, 6) is 0. The number of hydrogen-bond acceptors (Lipinski definition) is 10. The highest BCUT2D eigenvalue weighted by Gasteiger charge is 2.14. The van der Waals surface area contributed by atoms with E-state index in [1.165, 1.54) is 0 Å². The molecule has 0 aromatic heterocycles. The lowest BCUT2D eigenvalue weighted by molar-refractivity contribution is -0.527. The van der Waals surface area contributed by atoms with Crippen molar-refractivity contribution in [2.75, 3.05) is 13.2 Å². The highest BCUT2D eigenvalue weighted by Crippen LogP contribution is 2.07. The standard InChI is InChI=1S/C7H16N2O8/c10-6-15-4-2-1-3-7(17-9(13)14)5-16-8(11)12/h6-7,11-14H,1-5H2. The normalized spacial score (nSPS) is 13.1. The van der Waals surface area contributed by atoms with Gasteiger partial charge in [-0.3, -0.25) is 25.6 Å². The summed E-state index contributed by atoms with van der Waals surface area (Å²) in [5, 5.41) is 32.4. The average molecular weight is 256 g/mol. The maximum Gasteiger partial charge on any atom is 0.293 e. The lowest BCUT2D eigenvalue weighted by Crippen LogP contribution is -2.31. The Morgan fingerprint density at radius 3 is 2.35 bits per heavy atom. The number of ether oxygens (including phenoxy) is 1. The number of nitrogens with zero attached hydrogens (tertiary/aromatic N) is 2. The molecule has 0 fully saturated rings. The van der Waals surface area contributed by atoms with E-state index in [-0.39, 0.29) is 13.2 Å². The smallest absolute Gasteiger partial charge is 0.293 e. The van der Waals surface area contributed by atoms with Gasteiger partial charge in [0.2, 0.25) is 0 Å². The minimum absolute atomic E-state index is 0.241. The van der Waals surface area contributed by atoms with Crippen LogP contribution in [0.3, 0.4) is 0 Å². The molecule has 0 radical (unpaired) electrons. The van der Waals surface area contributed by atoms with Gasteiger partial charge in [0.25, 0.3) is 6.47 Å². The topological polar surface area (TPSA) is 132 Å². The second-order valence-electron chi connectivity index (χ2n) is 2.99. The molecule has 0 rings (SSSR count). The van der Waals surface area contributed by atoms with Crippen molar-refractivity contribution in [2.24, 2.45) is 0 Å². The van der Waals surface area contributed by atoms with Crippen LogP contribution in [-0.4, -0.2) is 57.4 Å². The summed E-state index contributed by atoms with van der Waals surface area (Å²) in [6.45, 7) is 0.264. The molecule has 0 aliphatic rings. The lowest BCUT2D eigenvalue weighted by atomic mass is 10.2. The maximum absolute atomic E-state index is 9.82. The minimum Gasteiger partial charge on any atom is -0.468 e. The van der Waals surface area contributed by atoms with Gasteiger partial charge in [-0.15, -0.1) is 0 Å². The summed E-state index contributed by atoms with van der Waals surface area (Å²) >= 11 is 0. The zero-order valence-corrected chi connectivity index (χ0v) is 9.01. The quantitative estimate of drug-likeness (QED) is 0.222. The maximum atomic E-state index is 9.82. The molecule has 0 aromatic rings. The first-order valence-electron chi connectivity index (χ1n) is 4.77. The molecular weight excluding hydrogens is 240 g/mol. The Labute approximate surface area is 96.9 Å². The molecule has 1 unspecified atom stereocenters. The second kappa shape index (κ2) is 10.3. The van der Waals surface area contributed by atoms with Crippen molar-refractivity contribution in [3.63, 3.8) is 0 Å². The van der Waals surface area contributed by atoms with Crippen LogP contribution in [-0.2, 0) is 19.2 Å². The summed E-state index contributed by atoms with van der Waals surface area (Å²) in [4.78, 5) is 18.6. The van der Waals surface area contributed by atoms with E-state index in [9.17, 15) is 4.79 Å². The van der Waals surface area contributed by atoms with Gasteiger partial charge in [-0.1, -0.05) is 0 Å². The van der Waals surface area contributed by atoms with Crippen LogP contribution in [0.2, 0.25) is 0 Å². The van der Waals surface area contributed by atoms with E-state index >= 15 is 0 Å². The van der Waals surface area contributed by atoms with E-state index < -0.39 is 16.9 Å². The number of hydrogen-bond donors (Lipinski definition) is 4. The van der Waals surface area contributed by atoms with Crippen molar-refractivity contribution >= 4 is 6.47 Å². The van der Waals surface area contributed by atoms with Crippen LogP contribution in [0.15, 0.2) is 0 Å². The first-order chi connectivity index (χ1) is 8.06. The molecule has 0 spiro atoms. The van der Waals surface area contributed by atoms with Crippen molar-refractivity contribution < 1.29 is 40.0 Å². The Morgan fingerprint density at radius 1 is 1.12 bits per heavy atom. The van der Waals surface area contributed by atoms with Gasteiger partial charge < -0.3 is 4.74 Å². The van der Waals surface area contributed by atoms with Crippen molar-refractivity contribution in [3.05, 3.63) is 0 Å². The first kappa shape index (κ1) is 16.1. The molecule has 0 heterocycles. The molecule has 10 nitrogen and oxygen atoms in total. The Morgan fingerprint density at radius 2 is 1.82 bits per heavy atom. The largest absolute Gasteiger partial charge is 0.468 e. The van der Waals surface area contributed by atoms with Gasteiger partial charge in [0.15, 0.2) is 0 Å². The molecule has 10 heteroatoms. The summed E-state index contributed by atoms with van der Waals surface area (Å²) in [6.07, 6.45) is 0.625. The van der Waals surface area contributed by atoms with E-state index in [0.29, 0.717) is 25.7 Å². The Balaban J connectivity index is 3.72. The van der Waals surface area contributed by atoms with Gasteiger partial charge in [0.1, 0.15) is 12.7 Å². The van der Waals surface area contributed by atoms with Gasteiger partial charge >= 0.3 is 0 Å². The molecular formula is C7H16N2O8. The van der Waals surface area contributed by atoms with Crippen LogP contribution in [0.25, 0.3) is 0 Å².